The lowest BCUT2D eigenvalue weighted by Crippen LogP contribution is -2.14. The van der Waals surface area contributed by atoms with Gasteiger partial charge in [0.2, 0.25) is 11.6 Å². The van der Waals surface area contributed by atoms with Crippen molar-refractivity contribution in [1.82, 2.24) is 20.0 Å². The molecule has 0 aliphatic carbocycles. The van der Waals surface area contributed by atoms with E-state index >= 15 is 0 Å². The zero-order valence-electron chi connectivity index (χ0n) is 12.9. The lowest BCUT2D eigenvalue weighted by molar-refractivity contribution is 0.210. The fourth-order valence-corrected chi connectivity index (χ4v) is 2.09. The lowest BCUT2D eigenvalue weighted by atomic mass is 10.2. The average molecular weight is 346 g/mol. The van der Waals surface area contributed by atoms with Gasteiger partial charge in [-0.3, -0.25) is 4.52 Å². The van der Waals surface area contributed by atoms with Gasteiger partial charge in [0.1, 0.15) is 11.9 Å². The second-order valence-corrected chi connectivity index (χ2v) is 4.76. The molecule has 0 spiro atoms. The number of hydrogen-bond donors (Lipinski definition) is 1. The summed E-state index contributed by atoms with van der Waals surface area (Å²) in [7, 11) is 1.54. The van der Waals surface area contributed by atoms with E-state index in [-0.39, 0.29) is 28.6 Å². The highest BCUT2D eigenvalue weighted by Crippen LogP contribution is 2.24. The van der Waals surface area contributed by atoms with Crippen molar-refractivity contribution in [2.75, 3.05) is 25.6 Å². The molecule has 25 heavy (non-hydrogen) atoms. The summed E-state index contributed by atoms with van der Waals surface area (Å²) in [6.45, 7) is 0.816. The number of aromatic nitrogens is 4. The first-order valence-electron chi connectivity index (χ1n) is 7.00. The Labute approximate surface area is 139 Å². The molecule has 2 heterocycles. The maximum absolute atomic E-state index is 13.5. The molecule has 0 unspecified atom stereocenters. The SMILES string of the molecule is COCCNc1nonc1-c1noc(=O)n1-c1ccc(F)c(C#N)c1. The van der Waals surface area contributed by atoms with Gasteiger partial charge in [-0.1, -0.05) is 5.16 Å². The van der Waals surface area contributed by atoms with E-state index < -0.39 is 11.6 Å². The Morgan fingerprint density at radius 1 is 1.40 bits per heavy atom. The van der Waals surface area contributed by atoms with Crippen molar-refractivity contribution < 1.29 is 18.3 Å². The second kappa shape index (κ2) is 6.93. The van der Waals surface area contributed by atoms with Crippen molar-refractivity contribution in [3.8, 4) is 23.3 Å². The van der Waals surface area contributed by atoms with E-state index in [1.54, 1.807) is 13.2 Å². The summed E-state index contributed by atoms with van der Waals surface area (Å²) < 4.78 is 28.8. The lowest BCUT2D eigenvalue weighted by Gasteiger charge is -2.05. The molecule has 0 radical (unpaired) electrons. The summed E-state index contributed by atoms with van der Waals surface area (Å²) in [6, 6.07) is 5.27. The molecule has 0 saturated carbocycles. The first-order chi connectivity index (χ1) is 12.2. The van der Waals surface area contributed by atoms with Gasteiger partial charge >= 0.3 is 5.76 Å². The summed E-state index contributed by atoms with van der Waals surface area (Å²) in [6.07, 6.45) is 0. The number of hydrogen-bond acceptors (Lipinski definition) is 9. The molecular formula is C14H11FN6O4. The quantitative estimate of drug-likeness (QED) is 0.647. The number of nitrogens with zero attached hydrogens (tertiary/aromatic N) is 5. The standard InChI is InChI=1S/C14H11FN6O4/c1-23-5-4-17-12-11(18-25-19-12)13-20-24-14(22)21(13)9-2-3-10(15)8(6-9)7-16/h2-3,6H,4-5H2,1H3,(H,17,19). The molecule has 0 aliphatic rings. The number of anilines is 1. The number of halogens is 1. The van der Waals surface area contributed by atoms with Gasteiger partial charge in [0.25, 0.3) is 0 Å². The smallest absolute Gasteiger partial charge is 0.383 e. The van der Waals surface area contributed by atoms with Crippen LogP contribution >= 0.6 is 0 Å². The van der Waals surface area contributed by atoms with Gasteiger partial charge in [-0.15, -0.1) is 0 Å². The molecule has 1 N–H and O–H groups in total. The van der Waals surface area contributed by atoms with Gasteiger partial charge in [-0.2, -0.15) is 5.26 Å². The van der Waals surface area contributed by atoms with E-state index in [4.69, 9.17) is 10.00 Å². The third-order valence-corrected chi connectivity index (χ3v) is 3.23. The molecule has 1 aromatic carbocycles. The van der Waals surface area contributed by atoms with Crippen molar-refractivity contribution in [3.05, 3.63) is 40.1 Å². The van der Waals surface area contributed by atoms with Gasteiger partial charge in [0.05, 0.1) is 17.9 Å². The molecule has 0 bridgehead atoms. The molecule has 0 aliphatic heterocycles. The first kappa shape index (κ1) is 16.3. The van der Waals surface area contributed by atoms with E-state index in [0.717, 1.165) is 10.6 Å². The average Bonchev–Trinajstić information content (AvgIpc) is 3.22. The predicted molar refractivity (Wildman–Crippen MR) is 80.4 cm³/mol. The van der Waals surface area contributed by atoms with Crippen LogP contribution < -0.4 is 11.1 Å². The Hall–Kier alpha value is -3.52. The van der Waals surface area contributed by atoms with Gasteiger partial charge < -0.3 is 10.1 Å². The highest BCUT2D eigenvalue weighted by atomic mass is 19.1. The molecule has 3 aromatic rings. The van der Waals surface area contributed by atoms with Crippen LogP contribution in [-0.2, 0) is 4.74 Å². The monoisotopic (exact) mass is 346 g/mol. The molecular weight excluding hydrogens is 335 g/mol. The normalized spacial score (nSPS) is 10.6. The predicted octanol–water partition coefficient (Wildman–Crippen LogP) is 0.945. The maximum Gasteiger partial charge on any atom is 0.446 e. The number of nitriles is 1. The van der Waals surface area contributed by atoms with Gasteiger partial charge in [-0.25, -0.2) is 18.4 Å². The van der Waals surface area contributed by atoms with Crippen LogP contribution in [-0.4, -0.2) is 40.3 Å². The molecule has 11 heteroatoms. The Kier molecular flexibility index (Phi) is 4.53. The topological polar surface area (TPSA) is 132 Å². The van der Waals surface area contributed by atoms with E-state index in [1.807, 2.05) is 0 Å². The summed E-state index contributed by atoms with van der Waals surface area (Å²) in [4.78, 5) is 12.0. The molecule has 0 fully saturated rings. The summed E-state index contributed by atoms with van der Waals surface area (Å²) in [5.41, 5.74) is 0.0723. The van der Waals surface area contributed by atoms with E-state index in [0.29, 0.717) is 13.2 Å². The number of methoxy groups -OCH3 is 1. The summed E-state index contributed by atoms with van der Waals surface area (Å²) in [5, 5.41) is 22.9. The van der Waals surface area contributed by atoms with Gasteiger partial charge in [-0.05, 0) is 28.5 Å². The van der Waals surface area contributed by atoms with Crippen LogP contribution in [0.25, 0.3) is 17.2 Å². The number of rotatable bonds is 6. The molecule has 10 nitrogen and oxygen atoms in total. The van der Waals surface area contributed by atoms with Crippen LogP contribution in [0.5, 0.6) is 0 Å². The molecule has 2 aromatic heterocycles. The second-order valence-electron chi connectivity index (χ2n) is 4.76. The van der Waals surface area contributed by atoms with Crippen LogP contribution in [0.2, 0.25) is 0 Å². The number of nitrogens with one attached hydrogen (secondary N) is 1. The molecule has 0 atom stereocenters. The largest absolute Gasteiger partial charge is 0.446 e. The molecule has 0 amide bonds. The third kappa shape index (κ3) is 3.10. The Balaban J connectivity index is 2.06. The summed E-state index contributed by atoms with van der Waals surface area (Å²) in [5.74, 6) is -1.33. The van der Waals surface area contributed by atoms with Crippen LogP contribution in [0.1, 0.15) is 5.56 Å². The van der Waals surface area contributed by atoms with Crippen LogP contribution in [0.4, 0.5) is 10.2 Å². The minimum absolute atomic E-state index is 0.0123. The summed E-state index contributed by atoms with van der Waals surface area (Å²) >= 11 is 0. The fourth-order valence-electron chi connectivity index (χ4n) is 2.09. The minimum Gasteiger partial charge on any atom is -0.383 e. The fraction of sp³-hybridized carbons (Fsp3) is 0.214. The number of benzene rings is 1. The van der Waals surface area contributed by atoms with Gasteiger partial charge in [0.15, 0.2) is 5.69 Å². The Morgan fingerprint density at radius 2 is 2.24 bits per heavy atom. The zero-order chi connectivity index (χ0) is 17.8. The van der Waals surface area contributed by atoms with Crippen molar-refractivity contribution >= 4 is 5.82 Å². The van der Waals surface area contributed by atoms with Gasteiger partial charge in [0, 0.05) is 13.7 Å². The molecule has 128 valence electrons. The maximum atomic E-state index is 13.5. The van der Waals surface area contributed by atoms with Crippen molar-refractivity contribution in [2.24, 2.45) is 0 Å². The Morgan fingerprint density at radius 3 is 3.00 bits per heavy atom. The van der Waals surface area contributed by atoms with E-state index in [9.17, 15) is 9.18 Å². The highest BCUT2D eigenvalue weighted by Gasteiger charge is 2.23. The van der Waals surface area contributed by atoms with Crippen LogP contribution in [0.15, 0.2) is 32.1 Å². The highest BCUT2D eigenvalue weighted by molar-refractivity contribution is 5.66. The first-order valence-corrected chi connectivity index (χ1v) is 7.00. The minimum atomic E-state index is -0.837. The van der Waals surface area contributed by atoms with Crippen molar-refractivity contribution in [3.63, 3.8) is 0 Å². The van der Waals surface area contributed by atoms with E-state index in [2.05, 4.69) is 29.9 Å². The van der Waals surface area contributed by atoms with Crippen LogP contribution in [0.3, 0.4) is 0 Å². The van der Waals surface area contributed by atoms with Crippen LogP contribution in [0, 0.1) is 17.1 Å². The Bertz CT molecular complexity index is 986. The third-order valence-electron chi connectivity index (χ3n) is 3.23. The van der Waals surface area contributed by atoms with E-state index in [1.165, 1.54) is 12.1 Å². The molecule has 3 rings (SSSR count). The number of ether oxygens (including phenoxy) is 1. The molecule has 0 saturated heterocycles. The van der Waals surface area contributed by atoms with Crippen molar-refractivity contribution in [1.29, 1.82) is 5.26 Å². The zero-order valence-corrected chi connectivity index (χ0v) is 12.9. The van der Waals surface area contributed by atoms with Crippen molar-refractivity contribution in [2.45, 2.75) is 0 Å².